The van der Waals surface area contributed by atoms with Crippen LogP contribution >= 0.6 is 0 Å². The number of benzene rings is 1. The van der Waals surface area contributed by atoms with E-state index in [9.17, 15) is 14.0 Å². The van der Waals surface area contributed by atoms with E-state index in [-0.39, 0.29) is 23.5 Å². The molecule has 100 valence electrons. The van der Waals surface area contributed by atoms with Gasteiger partial charge in [0.25, 0.3) is 0 Å². The van der Waals surface area contributed by atoms with E-state index in [1.54, 1.807) is 4.90 Å². The fourth-order valence-corrected chi connectivity index (χ4v) is 3.07. The third-order valence-electron chi connectivity index (χ3n) is 4.04. The zero-order valence-electron chi connectivity index (χ0n) is 10.7. The second-order valence-corrected chi connectivity index (χ2v) is 5.27. The molecule has 3 rings (SSSR count). The SMILES string of the molecule is O=C1CC(N2CCCCCC2=O)c2cc(F)ccc21. The number of amides is 1. The molecule has 1 saturated heterocycles. The number of carbonyl (C=O) groups is 2. The molecular formula is C15H16FNO2. The van der Waals surface area contributed by atoms with Crippen LogP contribution in [0.25, 0.3) is 0 Å². The van der Waals surface area contributed by atoms with E-state index in [1.165, 1.54) is 18.2 Å². The van der Waals surface area contributed by atoms with E-state index in [0.717, 1.165) is 19.3 Å². The standard InChI is InChI=1S/C15H16FNO2/c16-10-5-6-11-12(8-10)13(9-14(11)18)17-7-3-1-2-4-15(17)19/h5-6,8,13H,1-4,7,9H2. The number of fused-ring (bicyclic) bond motifs is 1. The summed E-state index contributed by atoms with van der Waals surface area (Å²) >= 11 is 0. The number of rotatable bonds is 1. The summed E-state index contributed by atoms with van der Waals surface area (Å²) in [5.41, 5.74) is 1.25. The third-order valence-corrected chi connectivity index (χ3v) is 4.04. The first-order valence-corrected chi connectivity index (χ1v) is 6.79. The van der Waals surface area contributed by atoms with Crippen molar-refractivity contribution in [3.8, 4) is 0 Å². The first kappa shape index (κ1) is 12.3. The van der Waals surface area contributed by atoms with E-state index < -0.39 is 0 Å². The van der Waals surface area contributed by atoms with Crippen LogP contribution < -0.4 is 0 Å². The highest BCUT2D eigenvalue weighted by atomic mass is 19.1. The number of ketones is 1. The van der Waals surface area contributed by atoms with Crippen molar-refractivity contribution in [1.82, 2.24) is 4.90 Å². The molecule has 1 aromatic carbocycles. The van der Waals surface area contributed by atoms with E-state index >= 15 is 0 Å². The number of hydrogen-bond acceptors (Lipinski definition) is 2. The molecule has 2 aliphatic rings. The molecule has 1 atom stereocenters. The molecule has 1 aliphatic heterocycles. The molecule has 0 aromatic heterocycles. The fourth-order valence-electron chi connectivity index (χ4n) is 3.07. The maximum atomic E-state index is 13.4. The Bertz CT molecular complexity index is 541. The molecule has 1 amide bonds. The molecule has 1 aromatic rings. The Balaban J connectivity index is 1.97. The number of Topliss-reactive ketones (excluding diaryl/α,β-unsaturated/α-hetero) is 1. The van der Waals surface area contributed by atoms with Gasteiger partial charge >= 0.3 is 0 Å². The molecule has 0 N–H and O–H groups in total. The van der Waals surface area contributed by atoms with Crippen molar-refractivity contribution in [2.45, 2.75) is 38.1 Å². The van der Waals surface area contributed by atoms with Crippen molar-refractivity contribution >= 4 is 11.7 Å². The Labute approximate surface area is 111 Å². The lowest BCUT2D eigenvalue weighted by Crippen LogP contribution is -2.33. The van der Waals surface area contributed by atoms with Gasteiger partial charge in [0, 0.05) is 24.9 Å². The van der Waals surface area contributed by atoms with E-state index in [1.807, 2.05) is 0 Å². The zero-order valence-corrected chi connectivity index (χ0v) is 10.7. The Morgan fingerprint density at radius 3 is 2.84 bits per heavy atom. The van der Waals surface area contributed by atoms with E-state index in [0.29, 0.717) is 30.5 Å². The molecule has 0 radical (unpaired) electrons. The minimum absolute atomic E-state index is 0.0112. The van der Waals surface area contributed by atoms with Crippen molar-refractivity contribution in [3.05, 3.63) is 35.1 Å². The fraction of sp³-hybridized carbons (Fsp3) is 0.467. The Morgan fingerprint density at radius 2 is 2.00 bits per heavy atom. The summed E-state index contributed by atoms with van der Waals surface area (Å²) < 4.78 is 13.4. The number of halogens is 1. The summed E-state index contributed by atoms with van der Waals surface area (Å²) in [6.45, 7) is 0.673. The topological polar surface area (TPSA) is 37.4 Å². The largest absolute Gasteiger partial charge is 0.335 e. The van der Waals surface area contributed by atoms with Gasteiger partial charge in [-0.25, -0.2) is 4.39 Å². The molecule has 1 heterocycles. The van der Waals surface area contributed by atoms with Crippen LogP contribution in [0.5, 0.6) is 0 Å². The molecule has 0 bridgehead atoms. The summed E-state index contributed by atoms with van der Waals surface area (Å²) in [5, 5.41) is 0. The molecule has 0 spiro atoms. The second-order valence-electron chi connectivity index (χ2n) is 5.27. The van der Waals surface area contributed by atoms with Gasteiger partial charge in [-0.3, -0.25) is 9.59 Å². The number of carbonyl (C=O) groups excluding carboxylic acids is 2. The van der Waals surface area contributed by atoms with Crippen LogP contribution in [-0.4, -0.2) is 23.1 Å². The van der Waals surface area contributed by atoms with Gasteiger partial charge in [-0.1, -0.05) is 6.42 Å². The predicted octanol–water partition coefficient (Wildman–Crippen LogP) is 2.86. The highest BCUT2D eigenvalue weighted by molar-refractivity contribution is 6.01. The monoisotopic (exact) mass is 261 g/mol. The van der Waals surface area contributed by atoms with Crippen LogP contribution in [0, 0.1) is 5.82 Å². The van der Waals surface area contributed by atoms with Crippen LogP contribution in [0.4, 0.5) is 4.39 Å². The summed E-state index contributed by atoms with van der Waals surface area (Å²) in [7, 11) is 0. The minimum Gasteiger partial charge on any atom is -0.335 e. The van der Waals surface area contributed by atoms with Crippen molar-refractivity contribution < 1.29 is 14.0 Å². The van der Waals surface area contributed by atoms with Crippen LogP contribution in [0.2, 0.25) is 0 Å². The van der Waals surface area contributed by atoms with E-state index in [4.69, 9.17) is 0 Å². The lowest BCUT2D eigenvalue weighted by molar-refractivity contribution is -0.132. The van der Waals surface area contributed by atoms with Gasteiger partial charge in [0.2, 0.25) is 5.91 Å². The van der Waals surface area contributed by atoms with Gasteiger partial charge in [-0.2, -0.15) is 0 Å². The van der Waals surface area contributed by atoms with Gasteiger partial charge in [0.05, 0.1) is 6.04 Å². The molecule has 1 fully saturated rings. The number of nitrogens with zero attached hydrogens (tertiary/aromatic N) is 1. The molecule has 0 saturated carbocycles. The third kappa shape index (κ3) is 2.15. The van der Waals surface area contributed by atoms with Gasteiger partial charge in [-0.15, -0.1) is 0 Å². The Morgan fingerprint density at radius 1 is 1.16 bits per heavy atom. The molecule has 1 unspecified atom stereocenters. The maximum absolute atomic E-state index is 13.4. The summed E-state index contributed by atoms with van der Waals surface area (Å²) in [6.07, 6.45) is 3.74. The van der Waals surface area contributed by atoms with Crippen molar-refractivity contribution in [2.75, 3.05) is 6.54 Å². The summed E-state index contributed by atoms with van der Waals surface area (Å²) in [5.74, 6) is -0.245. The van der Waals surface area contributed by atoms with Crippen molar-refractivity contribution in [3.63, 3.8) is 0 Å². The van der Waals surface area contributed by atoms with Crippen LogP contribution in [-0.2, 0) is 4.79 Å². The van der Waals surface area contributed by atoms with Crippen LogP contribution in [0.1, 0.15) is 54.1 Å². The predicted molar refractivity (Wildman–Crippen MR) is 68.3 cm³/mol. The van der Waals surface area contributed by atoms with Crippen molar-refractivity contribution in [1.29, 1.82) is 0 Å². The maximum Gasteiger partial charge on any atom is 0.223 e. The lowest BCUT2D eigenvalue weighted by Gasteiger charge is -2.28. The molecule has 19 heavy (non-hydrogen) atoms. The highest BCUT2D eigenvalue weighted by Crippen LogP contribution is 2.37. The van der Waals surface area contributed by atoms with E-state index in [2.05, 4.69) is 0 Å². The highest BCUT2D eigenvalue weighted by Gasteiger charge is 2.36. The molecular weight excluding hydrogens is 245 g/mol. The van der Waals surface area contributed by atoms with Gasteiger partial charge < -0.3 is 4.90 Å². The lowest BCUT2D eigenvalue weighted by atomic mass is 10.1. The second kappa shape index (κ2) is 4.76. The van der Waals surface area contributed by atoms with Gasteiger partial charge in [-0.05, 0) is 36.6 Å². The average molecular weight is 261 g/mol. The molecule has 4 heteroatoms. The Kier molecular flexibility index (Phi) is 3.09. The van der Waals surface area contributed by atoms with Crippen LogP contribution in [0.3, 0.4) is 0 Å². The minimum atomic E-state index is -0.347. The number of likely N-dealkylation sites (tertiary alicyclic amines) is 1. The normalized spacial score (nSPS) is 23.4. The average Bonchev–Trinajstić information content (AvgIpc) is 2.57. The molecule has 3 nitrogen and oxygen atoms in total. The summed E-state index contributed by atoms with van der Waals surface area (Å²) in [4.78, 5) is 25.9. The Hall–Kier alpha value is -1.71. The zero-order chi connectivity index (χ0) is 13.4. The first-order valence-electron chi connectivity index (χ1n) is 6.79. The van der Waals surface area contributed by atoms with Crippen molar-refractivity contribution in [2.24, 2.45) is 0 Å². The van der Waals surface area contributed by atoms with Crippen LogP contribution in [0.15, 0.2) is 18.2 Å². The van der Waals surface area contributed by atoms with Gasteiger partial charge in [0.15, 0.2) is 5.78 Å². The molecule has 1 aliphatic carbocycles. The summed E-state index contributed by atoms with van der Waals surface area (Å²) in [6, 6.07) is 3.99. The first-order chi connectivity index (χ1) is 9.16. The smallest absolute Gasteiger partial charge is 0.223 e. The van der Waals surface area contributed by atoms with Gasteiger partial charge in [0.1, 0.15) is 5.82 Å². The quantitative estimate of drug-likeness (QED) is 0.779. The number of hydrogen-bond donors (Lipinski definition) is 0.